The van der Waals surface area contributed by atoms with E-state index in [0.717, 1.165) is 5.56 Å². The summed E-state index contributed by atoms with van der Waals surface area (Å²) >= 11 is 0. The topological polar surface area (TPSA) is 96.9 Å². The van der Waals surface area contributed by atoms with Crippen LogP contribution in [0.5, 0.6) is 0 Å². The molecule has 1 saturated heterocycles. The average molecular weight is 365 g/mol. The van der Waals surface area contributed by atoms with Crippen molar-refractivity contribution in [3.63, 3.8) is 0 Å². The monoisotopic (exact) mass is 365 g/mol. The summed E-state index contributed by atoms with van der Waals surface area (Å²) in [7, 11) is 1.31. The first-order valence-corrected chi connectivity index (χ1v) is 8.44. The summed E-state index contributed by atoms with van der Waals surface area (Å²) in [5.41, 5.74) is 4.48. The van der Waals surface area contributed by atoms with Crippen LogP contribution in [0.1, 0.15) is 27.4 Å². The predicted molar refractivity (Wildman–Crippen MR) is 99.2 cm³/mol. The third kappa shape index (κ3) is 4.20. The second-order valence-corrected chi connectivity index (χ2v) is 6.09. The molecule has 0 aliphatic carbocycles. The molecule has 7 nitrogen and oxygen atoms in total. The number of rotatable bonds is 5. The van der Waals surface area contributed by atoms with Gasteiger partial charge >= 0.3 is 5.97 Å². The Morgan fingerprint density at radius 2 is 1.85 bits per heavy atom. The number of carbonyl (C=O) groups excluding carboxylic acids is 3. The Balaban J connectivity index is 1.65. The first-order valence-electron chi connectivity index (χ1n) is 8.44. The zero-order valence-electron chi connectivity index (χ0n) is 14.7. The molecule has 0 unspecified atom stereocenters. The molecule has 7 heteroatoms. The lowest BCUT2D eigenvalue weighted by Crippen LogP contribution is -2.34. The van der Waals surface area contributed by atoms with E-state index < -0.39 is 17.8 Å². The molecule has 2 amide bonds. The number of carbonyl (C=O) groups is 3. The van der Waals surface area contributed by atoms with E-state index in [0.29, 0.717) is 17.7 Å². The lowest BCUT2D eigenvalue weighted by molar-refractivity contribution is -0.133. The Bertz CT molecular complexity index is 863. The highest BCUT2D eigenvalue weighted by molar-refractivity contribution is 6.03. The van der Waals surface area contributed by atoms with Gasteiger partial charge in [-0.1, -0.05) is 42.5 Å². The van der Waals surface area contributed by atoms with Crippen molar-refractivity contribution in [1.29, 1.82) is 0 Å². The zero-order valence-corrected chi connectivity index (χ0v) is 14.7. The normalized spacial score (nSPS) is 18.9. The van der Waals surface area contributed by atoms with Gasteiger partial charge < -0.3 is 10.1 Å². The van der Waals surface area contributed by atoms with Crippen LogP contribution in [-0.2, 0) is 14.3 Å². The van der Waals surface area contributed by atoms with Crippen molar-refractivity contribution in [2.75, 3.05) is 13.7 Å². The maximum Gasteiger partial charge on any atom is 0.337 e. The fourth-order valence-corrected chi connectivity index (χ4v) is 3.00. The molecule has 2 aromatic rings. The number of ether oxygens (including phenoxy) is 1. The third-order valence-electron chi connectivity index (χ3n) is 4.41. The number of amides is 2. The van der Waals surface area contributed by atoms with Crippen molar-refractivity contribution >= 4 is 24.0 Å². The summed E-state index contributed by atoms with van der Waals surface area (Å²) in [4.78, 5) is 36.0. The molecule has 1 fully saturated rings. The summed E-state index contributed by atoms with van der Waals surface area (Å²) in [6.45, 7) is 0.416. The molecule has 138 valence electrons. The molecule has 2 atom stereocenters. The highest BCUT2D eigenvalue weighted by atomic mass is 16.5. The minimum atomic E-state index is -0.828. The molecule has 0 spiro atoms. The lowest BCUT2D eigenvalue weighted by atomic mass is 9.88. The Labute approximate surface area is 156 Å². The van der Waals surface area contributed by atoms with Gasteiger partial charge in [0.2, 0.25) is 5.91 Å². The third-order valence-corrected chi connectivity index (χ3v) is 4.41. The second kappa shape index (κ2) is 8.27. The Morgan fingerprint density at radius 1 is 1.15 bits per heavy atom. The number of hydrazone groups is 1. The highest BCUT2D eigenvalue weighted by Gasteiger charge is 2.40. The van der Waals surface area contributed by atoms with Gasteiger partial charge in [0.05, 0.1) is 18.9 Å². The summed E-state index contributed by atoms with van der Waals surface area (Å²) in [5.74, 6) is -2.24. The number of hydrogen-bond donors (Lipinski definition) is 2. The van der Waals surface area contributed by atoms with E-state index in [4.69, 9.17) is 0 Å². The van der Waals surface area contributed by atoms with E-state index in [9.17, 15) is 14.4 Å². The summed E-state index contributed by atoms with van der Waals surface area (Å²) < 4.78 is 4.63. The number of esters is 1. The van der Waals surface area contributed by atoms with Gasteiger partial charge in [0.15, 0.2) is 0 Å². The first kappa shape index (κ1) is 18.3. The fourth-order valence-electron chi connectivity index (χ4n) is 3.00. The van der Waals surface area contributed by atoms with E-state index in [-0.39, 0.29) is 11.8 Å². The van der Waals surface area contributed by atoms with E-state index in [2.05, 4.69) is 20.6 Å². The molecule has 0 radical (unpaired) electrons. The van der Waals surface area contributed by atoms with Gasteiger partial charge in [0, 0.05) is 12.5 Å². The van der Waals surface area contributed by atoms with Crippen molar-refractivity contribution in [3.8, 4) is 0 Å². The Kier molecular flexibility index (Phi) is 5.61. The van der Waals surface area contributed by atoms with Crippen LogP contribution in [0, 0.1) is 5.92 Å². The number of methoxy groups -OCH3 is 1. The standard InChI is InChI=1S/C20H19N3O4/c1-27-20(26)15-9-7-13(8-10-15)11-22-23-19(25)17-16(12-21-18(17)24)14-5-3-2-4-6-14/h2-11,16-17H,12H2,1H3,(H,21,24)(H,23,25)/b22-11+/t16-,17+/m1/s1. The van der Waals surface area contributed by atoms with Gasteiger partial charge in [-0.25, -0.2) is 10.2 Å². The molecular weight excluding hydrogens is 346 g/mol. The average Bonchev–Trinajstić information content (AvgIpc) is 3.10. The number of nitrogens with one attached hydrogen (secondary N) is 2. The molecule has 0 bridgehead atoms. The predicted octanol–water partition coefficient (Wildman–Crippen LogP) is 1.45. The second-order valence-electron chi connectivity index (χ2n) is 6.09. The molecule has 1 heterocycles. The van der Waals surface area contributed by atoms with Crippen molar-refractivity contribution in [1.82, 2.24) is 10.7 Å². The van der Waals surface area contributed by atoms with Crippen LogP contribution in [0.4, 0.5) is 0 Å². The van der Waals surface area contributed by atoms with Crippen LogP contribution < -0.4 is 10.7 Å². The van der Waals surface area contributed by atoms with E-state index in [1.54, 1.807) is 24.3 Å². The number of nitrogens with zero attached hydrogens (tertiary/aromatic N) is 1. The molecule has 1 aliphatic heterocycles. The minimum Gasteiger partial charge on any atom is -0.465 e. The SMILES string of the molecule is COC(=O)c1ccc(/C=N/NC(=O)[C@@H]2C(=O)NC[C@@H]2c2ccccc2)cc1. The van der Waals surface area contributed by atoms with Crippen LogP contribution in [0.15, 0.2) is 59.7 Å². The molecule has 2 N–H and O–H groups in total. The van der Waals surface area contributed by atoms with Gasteiger partial charge in [-0.2, -0.15) is 5.10 Å². The molecule has 3 rings (SSSR count). The van der Waals surface area contributed by atoms with Crippen molar-refractivity contribution in [2.24, 2.45) is 11.0 Å². The smallest absolute Gasteiger partial charge is 0.337 e. The molecule has 1 aliphatic rings. The quantitative estimate of drug-likeness (QED) is 0.363. The van der Waals surface area contributed by atoms with E-state index in [1.807, 2.05) is 30.3 Å². The van der Waals surface area contributed by atoms with E-state index in [1.165, 1.54) is 13.3 Å². The maximum absolute atomic E-state index is 12.5. The Hall–Kier alpha value is -3.48. The van der Waals surface area contributed by atoms with Gasteiger partial charge in [-0.05, 0) is 23.3 Å². The molecular formula is C20H19N3O4. The van der Waals surface area contributed by atoms with Crippen LogP contribution in [-0.4, -0.2) is 37.7 Å². The van der Waals surface area contributed by atoms with Crippen LogP contribution in [0.2, 0.25) is 0 Å². The highest BCUT2D eigenvalue weighted by Crippen LogP contribution is 2.28. The molecule has 0 aromatic heterocycles. The van der Waals surface area contributed by atoms with Crippen molar-refractivity contribution < 1.29 is 19.1 Å². The number of benzene rings is 2. The molecule has 0 saturated carbocycles. The number of hydrogen-bond acceptors (Lipinski definition) is 5. The molecule has 2 aromatic carbocycles. The van der Waals surface area contributed by atoms with Crippen LogP contribution >= 0.6 is 0 Å². The van der Waals surface area contributed by atoms with Gasteiger partial charge in [0.25, 0.3) is 5.91 Å². The fraction of sp³-hybridized carbons (Fsp3) is 0.200. The lowest BCUT2D eigenvalue weighted by Gasteiger charge is -2.15. The van der Waals surface area contributed by atoms with Crippen LogP contribution in [0.25, 0.3) is 0 Å². The summed E-state index contributed by atoms with van der Waals surface area (Å²) in [5, 5.41) is 6.66. The molecule has 27 heavy (non-hydrogen) atoms. The van der Waals surface area contributed by atoms with Gasteiger partial charge in [-0.3, -0.25) is 9.59 Å². The minimum absolute atomic E-state index is 0.228. The van der Waals surface area contributed by atoms with E-state index >= 15 is 0 Å². The van der Waals surface area contributed by atoms with Crippen molar-refractivity contribution in [3.05, 3.63) is 71.3 Å². The maximum atomic E-state index is 12.5. The van der Waals surface area contributed by atoms with Crippen molar-refractivity contribution in [2.45, 2.75) is 5.92 Å². The van der Waals surface area contributed by atoms with Gasteiger partial charge in [-0.15, -0.1) is 0 Å². The van der Waals surface area contributed by atoms with Crippen LogP contribution in [0.3, 0.4) is 0 Å². The Morgan fingerprint density at radius 3 is 2.52 bits per heavy atom. The largest absolute Gasteiger partial charge is 0.465 e. The summed E-state index contributed by atoms with van der Waals surface area (Å²) in [6, 6.07) is 16.0. The zero-order chi connectivity index (χ0) is 19.2. The summed E-state index contributed by atoms with van der Waals surface area (Å²) in [6.07, 6.45) is 1.45. The van der Waals surface area contributed by atoms with Gasteiger partial charge in [0.1, 0.15) is 5.92 Å². The first-order chi connectivity index (χ1) is 13.1.